The highest BCUT2D eigenvalue weighted by molar-refractivity contribution is 7.80. The summed E-state index contributed by atoms with van der Waals surface area (Å²) in [5.74, 6) is 2.92. The van der Waals surface area contributed by atoms with Crippen molar-refractivity contribution in [1.29, 1.82) is 0 Å². The molecule has 2 aromatic heterocycles. The Bertz CT molecular complexity index is 1640. The number of aryl methyl sites for hydroxylation is 1. The molecule has 0 bridgehead atoms. The summed E-state index contributed by atoms with van der Waals surface area (Å²) in [6.07, 6.45) is 1.78. The van der Waals surface area contributed by atoms with Crippen molar-refractivity contribution in [3.63, 3.8) is 0 Å². The van der Waals surface area contributed by atoms with Crippen LogP contribution in [-0.2, 0) is 0 Å². The van der Waals surface area contributed by atoms with E-state index in [9.17, 15) is 0 Å². The molecule has 3 aromatic carbocycles. The van der Waals surface area contributed by atoms with Crippen LogP contribution in [0, 0.1) is 6.92 Å². The van der Waals surface area contributed by atoms with E-state index in [-0.39, 0.29) is 12.1 Å². The second kappa shape index (κ2) is 10.7. The Morgan fingerprint density at radius 2 is 1.72 bits per heavy atom. The van der Waals surface area contributed by atoms with Gasteiger partial charge in [-0.15, -0.1) is 0 Å². The molecule has 0 spiro atoms. The van der Waals surface area contributed by atoms with Crippen LogP contribution in [0.15, 0.2) is 108 Å². The quantitative estimate of drug-likeness (QED) is 0.205. The van der Waals surface area contributed by atoms with Crippen LogP contribution in [0.1, 0.15) is 29.1 Å². The van der Waals surface area contributed by atoms with E-state index in [1.165, 1.54) is 0 Å². The number of anilines is 1. The molecule has 194 valence electrons. The highest BCUT2D eigenvalue weighted by atomic mass is 35.5. The van der Waals surface area contributed by atoms with Gasteiger partial charge in [0, 0.05) is 22.5 Å². The van der Waals surface area contributed by atoms with Gasteiger partial charge in [-0.3, -0.25) is 4.98 Å². The van der Waals surface area contributed by atoms with E-state index in [1.807, 2.05) is 91.9 Å². The number of nitrogens with zero attached hydrogens (tertiary/aromatic N) is 2. The second-order valence-corrected chi connectivity index (χ2v) is 10.4. The predicted molar refractivity (Wildman–Crippen MR) is 160 cm³/mol. The predicted octanol–water partition coefficient (Wildman–Crippen LogP) is 8.93. The Balaban J connectivity index is 1.36. The Labute approximate surface area is 242 Å². The molecule has 1 aliphatic rings. The Morgan fingerprint density at radius 1 is 0.923 bits per heavy atom. The van der Waals surface area contributed by atoms with Gasteiger partial charge in [0.2, 0.25) is 0 Å². The van der Waals surface area contributed by atoms with Crippen molar-refractivity contribution in [2.45, 2.75) is 19.0 Å². The molecule has 2 atom stereocenters. The van der Waals surface area contributed by atoms with Gasteiger partial charge in [-0.05, 0) is 97.5 Å². The molecule has 6 rings (SSSR count). The van der Waals surface area contributed by atoms with Gasteiger partial charge in [0.25, 0.3) is 0 Å². The number of thiocarbonyl (C=S) groups is 1. The second-order valence-electron chi connectivity index (χ2n) is 9.18. The number of rotatable bonds is 6. The first-order valence-electron chi connectivity index (χ1n) is 12.4. The smallest absolute Gasteiger partial charge is 0.174 e. The van der Waals surface area contributed by atoms with Crippen LogP contribution >= 0.6 is 35.4 Å². The third kappa shape index (κ3) is 5.11. The third-order valence-electron chi connectivity index (χ3n) is 6.65. The SMILES string of the molecule is Cc1ccccc1Oc1ccc(N2C(=S)N[C@@H](c3ccccn3)[C@H]2c2ccc(-c3ccc(Cl)cc3Cl)o2)cc1. The molecule has 0 amide bonds. The van der Waals surface area contributed by atoms with E-state index in [0.29, 0.717) is 20.9 Å². The molecule has 5 aromatic rings. The van der Waals surface area contributed by atoms with Crippen LogP contribution in [-0.4, -0.2) is 10.1 Å². The zero-order valence-electron chi connectivity index (χ0n) is 20.8. The lowest BCUT2D eigenvalue weighted by Crippen LogP contribution is -2.29. The minimum absolute atomic E-state index is 0.235. The number of halogens is 2. The van der Waals surface area contributed by atoms with Crippen molar-refractivity contribution in [3.05, 3.63) is 130 Å². The number of ether oxygens (including phenoxy) is 1. The largest absolute Gasteiger partial charge is 0.459 e. The minimum Gasteiger partial charge on any atom is -0.459 e. The van der Waals surface area contributed by atoms with E-state index in [1.54, 1.807) is 18.3 Å². The first kappa shape index (κ1) is 25.4. The number of benzene rings is 3. The van der Waals surface area contributed by atoms with E-state index in [0.717, 1.165) is 39.8 Å². The first-order chi connectivity index (χ1) is 19.0. The lowest BCUT2D eigenvalue weighted by atomic mass is 10.0. The topological polar surface area (TPSA) is 50.5 Å². The average Bonchev–Trinajstić information content (AvgIpc) is 3.55. The van der Waals surface area contributed by atoms with Gasteiger partial charge in [-0.2, -0.15) is 0 Å². The van der Waals surface area contributed by atoms with Gasteiger partial charge in [0.1, 0.15) is 29.1 Å². The lowest BCUT2D eigenvalue weighted by molar-refractivity contribution is 0.439. The fourth-order valence-corrected chi connectivity index (χ4v) is 5.59. The molecule has 5 nitrogen and oxygen atoms in total. The fraction of sp³-hybridized carbons (Fsp3) is 0.0968. The molecule has 0 saturated carbocycles. The van der Waals surface area contributed by atoms with Crippen molar-refractivity contribution in [3.8, 4) is 22.8 Å². The normalized spacial score (nSPS) is 16.8. The summed E-state index contributed by atoms with van der Waals surface area (Å²) >= 11 is 18.4. The molecule has 0 aliphatic carbocycles. The number of hydrogen-bond acceptors (Lipinski definition) is 4. The summed E-state index contributed by atoms with van der Waals surface area (Å²) in [4.78, 5) is 6.66. The zero-order valence-corrected chi connectivity index (χ0v) is 23.2. The van der Waals surface area contributed by atoms with Crippen LogP contribution in [0.25, 0.3) is 11.3 Å². The number of nitrogens with one attached hydrogen (secondary N) is 1. The van der Waals surface area contributed by atoms with Crippen LogP contribution in [0.2, 0.25) is 10.0 Å². The van der Waals surface area contributed by atoms with Gasteiger partial charge in [0.05, 0.1) is 16.8 Å². The number of pyridine rings is 1. The van der Waals surface area contributed by atoms with Crippen molar-refractivity contribution in [1.82, 2.24) is 10.3 Å². The lowest BCUT2D eigenvalue weighted by Gasteiger charge is -2.26. The van der Waals surface area contributed by atoms with Crippen molar-refractivity contribution < 1.29 is 9.15 Å². The maximum atomic E-state index is 6.48. The number of hydrogen-bond donors (Lipinski definition) is 1. The minimum atomic E-state index is -0.296. The Morgan fingerprint density at radius 3 is 2.46 bits per heavy atom. The zero-order chi connectivity index (χ0) is 26.9. The highest BCUT2D eigenvalue weighted by Gasteiger charge is 2.42. The molecule has 3 heterocycles. The maximum absolute atomic E-state index is 6.48. The number of furan rings is 1. The molecular weight excluding hydrogens is 549 g/mol. The van der Waals surface area contributed by atoms with Gasteiger partial charge in [-0.1, -0.05) is 47.5 Å². The fourth-order valence-electron chi connectivity index (χ4n) is 4.74. The summed E-state index contributed by atoms with van der Waals surface area (Å²) in [6, 6.07) is 30.3. The summed E-state index contributed by atoms with van der Waals surface area (Å²) in [5, 5.41) is 5.12. The summed E-state index contributed by atoms with van der Waals surface area (Å²) in [7, 11) is 0. The average molecular weight is 573 g/mol. The molecule has 1 aliphatic heterocycles. The van der Waals surface area contributed by atoms with E-state index >= 15 is 0 Å². The van der Waals surface area contributed by atoms with Gasteiger partial charge < -0.3 is 19.4 Å². The molecule has 1 fully saturated rings. The van der Waals surface area contributed by atoms with E-state index in [2.05, 4.69) is 15.2 Å². The third-order valence-corrected chi connectivity index (χ3v) is 7.51. The van der Waals surface area contributed by atoms with Crippen molar-refractivity contribution >= 4 is 46.2 Å². The summed E-state index contributed by atoms with van der Waals surface area (Å²) in [6.45, 7) is 2.02. The Hall–Kier alpha value is -3.84. The summed E-state index contributed by atoms with van der Waals surface area (Å²) in [5.41, 5.74) is 3.59. The molecular formula is C31H23Cl2N3O2S. The molecule has 1 N–H and O–H groups in total. The van der Waals surface area contributed by atoms with Gasteiger partial charge >= 0.3 is 0 Å². The van der Waals surface area contributed by atoms with Crippen LogP contribution < -0.4 is 15.0 Å². The van der Waals surface area contributed by atoms with Crippen molar-refractivity contribution in [2.24, 2.45) is 0 Å². The Kier molecular flexibility index (Phi) is 7.00. The van der Waals surface area contributed by atoms with Crippen molar-refractivity contribution in [2.75, 3.05) is 4.90 Å². The van der Waals surface area contributed by atoms with Crippen LogP contribution in [0.4, 0.5) is 5.69 Å². The summed E-state index contributed by atoms with van der Waals surface area (Å²) < 4.78 is 12.5. The van der Waals surface area contributed by atoms with Gasteiger partial charge in [-0.25, -0.2) is 0 Å². The van der Waals surface area contributed by atoms with Gasteiger partial charge in [0.15, 0.2) is 5.11 Å². The molecule has 0 radical (unpaired) electrons. The van der Waals surface area contributed by atoms with Crippen LogP contribution in [0.3, 0.4) is 0 Å². The number of para-hydroxylation sites is 1. The molecule has 0 unspecified atom stereocenters. The van der Waals surface area contributed by atoms with E-state index in [4.69, 9.17) is 44.6 Å². The molecule has 8 heteroatoms. The molecule has 39 heavy (non-hydrogen) atoms. The standard InChI is InChI=1S/C31H23Cl2N3O2S/c1-19-6-2-3-8-26(19)37-22-12-10-21(11-13-22)36-30(29(35-31(36)39)25-7-4-5-17-34-25)28-16-15-27(38-28)23-14-9-20(32)18-24(23)33/h2-18,29-30H,1H3,(H,35,39)/t29-,30+/m0/s1. The highest BCUT2D eigenvalue weighted by Crippen LogP contribution is 2.44. The maximum Gasteiger partial charge on any atom is 0.174 e. The first-order valence-corrected chi connectivity index (χ1v) is 13.5. The van der Waals surface area contributed by atoms with Crippen LogP contribution in [0.5, 0.6) is 11.5 Å². The number of aromatic nitrogens is 1. The molecule has 1 saturated heterocycles. The monoisotopic (exact) mass is 571 g/mol. The van der Waals surface area contributed by atoms with E-state index < -0.39 is 0 Å².